The van der Waals surface area contributed by atoms with Crippen molar-refractivity contribution in [2.45, 2.75) is 17.6 Å². The van der Waals surface area contributed by atoms with E-state index in [1.807, 2.05) is 25.1 Å². The molecule has 1 N–H and O–H groups in total. The highest BCUT2D eigenvalue weighted by Crippen LogP contribution is 2.18. The standard InChI is InChI=1S/C21H19NO3S/c1-16-7-13-20(14-8-16)26(24,25)15-17-9-11-18(12-10-17)21(23)22-19-5-3-2-4-6-19/h2-14H,15H2,1H3,(H,22,23). The van der Waals surface area contributed by atoms with Crippen LogP contribution in [0.3, 0.4) is 0 Å². The molecule has 0 spiro atoms. The zero-order valence-electron chi connectivity index (χ0n) is 14.3. The Balaban J connectivity index is 1.71. The van der Waals surface area contributed by atoms with Crippen molar-refractivity contribution in [2.75, 3.05) is 5.32 Å². The fourth-order valence-corrected chi connectivity index (χ4v) is 3.87. The first-order valence-electron chi connectivity index (χ1n) is 8.19. The van der Waals surface area contributed by atoms with Crippen molar-refractivity contribution in [1.29, 1.82) is 0 Å². The summed E-state index contributed by atoms with van der Waals surface area (Å²) in [4.78, 5) is 12.5. The summed E-state index contributed by atoms with van der Waals surface area (Å²) in [5, 5.41) is 2.80. The molecule has 0 aromatic heterocycles. The Morgan fingerprint density at radius 1 is 0.846 bits per heavy atom. The van der Waals surface area contributed by atoms with Crippen molar-refractivity contribution < 1.29 is 13.2 Å². The molecule has 0 atom stereocenters. The van der Waals surface area contributed by atoms with Gasteiger partial charge in [-0.25, -0.2) is 8.42 Å². The number of hydrogen-bond acceptors (Lipinski definition) is 3. The van der Waals surface area contributed by atoms with Crippen LogP contribution in [0.2, 0.25) is 0 Å². The van der Waals surface area contributed by atoms with Crippen LogP contribution in [0.1, 0.15) is 21.5 Å². The summed E-state index contributed by atoms with van der Waals surface area (Å²) in [7, 11) is -3.41. The number of carbonyl (C=O) groups is 1. The normalized spacial score (nSPS) is 11.1. The Hall–Kier alpha value is -2.92. The van der Waals surface area contributed by atoms with E-state index in [0.717, 1.165) is 5.56 Å². The van der Waals surface area contributed by atoms with E-state index in [1.165, 1.54) is 0 Å². The number of sulfone groups is 1. The minimum absolute atomic E-state index is 0.101. The van der Waals surface area contributed by atoms with Gasteiger partial charge in [0.05, 0.1) is 10.6 Å². The molecule has 0 heterocycles. The second-order valence-corrected chi connectivity index (χ2v) is 8.08. The molecule has 1 amide bonds. The largest absolute Gasteiger partial charge is 0.322 e. The molecule has 0 unspecified atom stereocenters. The zero-order chi connectivity index (χ0) is 18.6. The fraction of sp³-hybridized carbons (Fsp3) is 0.0952. The number of aryl methyl sites for hydroxylation is 1. The Morgan fingerprint density at radius 3 is 2.08 bits per heavy atom. The second kappa shape index (κ2) is 7.54. The SMILES string of the molecule is Cc1ccc(S(=O)(=O)Cc2ccc(C(=O)Nc3ccccc3)cc2)cc1. The van der Waals surface area contributed by atoms with Crippen molar-refractivity contribution in [1.82, 2.24) is 0 Å². The molecule has 0 aliphatic heterocycles. The lowest BCUT2D eigenvalue weighted by Crippen LogP contribution is -2.12. The van der Waals surface area contributed by atoms with Crippen LogP contribution in [0, 0.1) is 6.92 Å². The average Bonchev–Trinajstić information content (AvgIpc) is 2.63. The van der Waals surface area contributed by atoms with Crippen LogP contribution in [0.4, 0.5) is 5.69 Å². The van der Waals surface area contributed by atoms with E-state index < -0.39 is 9.84 Å². The summed E-state index contributed by atoms with van der Waals surface area (Å²) in [6.07, 6.45) is 0. The monoisotopic (exact) mass is 365 g/mol. The van der Waals surface area contributed by atoms with E-state index in [9.17, 15) is 13.2 Å². The molecular formula is C21H19NO3S. The third-order valence-electron chi connectivity index (χ3n) is 3.98. The molecule has 26 heavy (non-hydrogen) atoms. The summed E-state index contributed by atoms with van der Waals surface area (Å²) in [5.74, 6) is -0.333. The number of carbonyl (C=O) groups excluding carboxylic acids is 1. The van der Waals surface area contributed by atoms with Gasteiger partial charge in [0.1, 0.15) is 0 Å². The number of nitrogens with one attached hydrogen (secondary N) is 1. The van der Waals surface area contributed by atoms with Crippen molar-refractivity contribution in [3.8, 4) is 0 Å². The molecule has 3 rings (SSSR count). The Morgan fingerprint density at radius 2 is 1.46 bits per heavy atom. The minimum atomic E-state index is -3.41. The summed E-state index contributed by atoms with van der Waals surface area (Å²) in [6.45, 7) is 1.91. The van der Waals surface area contributed by atoms with E-state index in [2.05, 4.69) is 5.32 Å². The fourth-order valence-electron chi connectivity index (χ4n) is 2.53. The zero-order valence-corrected chi connectivity index (χ0v) is 15.2. The van der Waals surface area contributed by atoms with Crippen molar-refractivity contribution in [3.05, 3.63) is 95.6 Å². The lowest BCUT2D eigenvalue weighted by molar-refractivity contribution is 0.102. The third kappa shape index (κ3) is 4.37. The van der Waals surface area contributed by atoms with Crippen LogP contribution in [0.5, 0.6) is 0 Å². The maximum absolute atomic E-state index is 12.5. The van der Waals surface area contributed by atoms with Gasteiger partial charge in [-0.15, -0.1) is 0 Å². The Kier molecular flexibility index (Phi) is 5.19. The van der Waals surface area contributed by atoms with Crippen LogP contribution in [0.25, 0.3) is 0 Å². The summed E-state index contributed by atoms with van der Waals surface area (Å²) >= 11 is 0. The molecule has 132 valence electrons. The number of para-hydroxylation sites is 1. The van der Waals surface area contributed by atoms with Gasteiger partial charge in [0.25, 0.3) is 5.91 Å². The topological polar surface area (TPSA) is 63.2 Å². The van der Waals surface area contributed by atoms with Gasteiger partial charge in [-0.3, -0.25) is 4.79 Å². The lowest BCUT2D eigenvalue weighted by Gasteiger charge is -2.07. The van der Waals surface area contributed by atoms with Crippen LogP contribution in [0.15, 0.2) is 83.8 Å². The first-order valence-corrected chi connectivity index (χ1v) is 9.84. The van der Waals surface area contributed by atoms with Gasteiger partial charge in [-0.1, -0.05) is 48.0 Å². The quantitative estimate of drug-likeness (QED) is 0.736. The number of anilines is 1. The molecule has 0 aliphatic rings. The van der Waals surface area contributed by atoms with E-state index in [1.54, 1.807) is 60.7 Å². The molecule has 0 saturated carbocycles. The molecule has 3 aromatic rings. The highest BCUT2D eigenvalue weighted by atomic mass is 32.2. The van der Waals surface area contributed by atoms with Gasteiger partial charge in [0, 0.05) is 11.3 Å². The molecule has 5 heteroatoms. The average molecular weight is 365 g/mol. The minimum Gasteiger partial charge on any atom is -0.322 e. The van der Waals surface area contributed by atoms with Gasteiger partial charge in [0.2, 0.25) is 0 Å². The molecular weight excluding hydrogens is 346 g/mol. The van der Waals surface area contributed by atoms with Crippen LogP contribution < -0.4 is 5.32 Å². The molecule has 0 bridgehead atoms. The molecule has 3 aromatic carbocycles. The molecule has 0 aliphatic carbocycles. The van der Waals surface area contributed by atoms with Crippen LogP contribution in [-0.2, 0) is 15.6 Å². The summed E-state index contributed by atoms with van der Waals surface area (Å²) in [6, 6.07) is 22.6. The predicted molar refractivity (Wildman–Crippen MR) is 103 cm³/mol. The number of benzene rings is 3. The van der Waals surface area contributed by atoms with Gasteiger partial charge < -0.3 is 5.32 Å². The van der Waals surface area contributed by atoms with Crippen molar-refractivity contribution in [3.63, 3.8) is 0 Å². The van der Waals surface area contributed by atoms with Gasteiger partial charge in [-0.2, -0.15) is 0 Å². The first-order chi connectivity index (χ1) is 12.4. The summed E-state index contributed by atoms with van der Waals surface area (Å²) < 4.78 is 25.0. The second-order valence-electron chi connectivity index (χ2n) is 6.09. The number of amides is 1. The van der Waals surface area contributed by atoms with Crippen LogP contribution >= 0.6 is 0 Å². The van der Waals surface area contributed by atoms with Crippen molar-refractivity contribution in [2.24, 2.45) is 0 Å². The van der Waals surface area contributed by atoms with Gasteiger partial charge in [-0.05, 0) is 48.9 Å². The van der Waals surface area contributed by atoms with Crippen LogP contribution in [-0.4, -0.2) is 14.3 Å². The maximum Gasteiger partial charge on any atom is 0.255 e. The van der Waals surface area contributed by atoms with E-state index in [0.29, 0.717) is 21.7 Å². The lowest BCUT2D eigenvalue weighted by atomic mass is 10.1. The van der Waals surface area contributed by atoms with E-state index in [4.69, 9.17) is 0 Å². The van der Waals surface area contributed by atoms with Gasteiger partial charge in [0.15, 0.2) is 9.84 Å². The van der Waals surface area contributed by atoms with E-state index in [-0.39, 0.29) is 11.7 Å². The smallest absolute Gasteiger partial charge is 0.255 e. The van der Waals surface area contributed by atoms with Crippen molar-refractivity contribution >= 4 is 21.4 Å². The Labute approximate surface area is 153 Å². The molecule has 0 saturated heterocycles. The molecule has 0 fully saturated rings. The Bertz CT molecular complexity index is 993. The molecule has 0 radical (unpaired) electrons. The summed E-state index contributed by atoms with van der Waals surface area (Å²) in [5.41, 5.74) is 2.84. The van der Waals surface area contributed by atoms with E-state index >= 15 is 0 Å². The predicted octanol–water partition coefficient (Wildman–Crippen LogP) is 4.22. The van der Waals surface area contributed by atoms with Gasteiger partial charge >= 0.3 is 0 Å². The third-order valence-corrected chi connectivity index (χ3v) is 5.69. The number of hydrogen-bond donors (Lipinski definition) is 1. The highest BCUT2D eigenvalue weighted by Gasteiger charge is 2.15. The number of rotatable bonds is 5. The first kappa shape index (κ1) is 17.9. The molecule has 4 nitrogen and oxygen atoms in total. The maximum atomic E-state index is 12.5. The highest BCUT2D eigenvalue weighted by molar-refractivity contribution is 7.90.